The zero-order chi connectivity index (χ0) is 15.1. The molecule has 2 N–H and O–H groups in total. The van der Waals surface area contributed by atoms with E-state index in [0.29, 0.717) is 9.88 Å². The summed E-state index contributed by atoms with van der Waals surface area (Å²) < 4.78 is 0. The second-order valence-corrected chi connectivity index (χ2v) is 7.53. The van der Waals surface area contributed by atoms with E-state index in [1.54, 1.807) is 0 Å². The lowest BCUT2D eigenvalue weighted by atomic mass is 10.1. The molecule has 0 spiro atoms. The fourth-order valence-corrected chi connectivity index (χ4v) is 4.77. The fourth-order valence-electron chi connectivity index (χ4n) is 2.57. The molecule has 0 unspecified atom stereocenters. The van der Waals surface area contributed by atoms with E-state index in [1.165, 1.54) is 22.7 Å². The molecule has 0 saturated carbocycles. The monoisotopic (exact) mass is 321 g/mol. The molecule has 0 bridgehead atoms. The lowest BCUT2D eigenvalue weighted by Gasteiger charge is -2.03. The van der Waals surface area contributed by atoms with Gasteiger partial charge in [-0.15, -0.1) is 22.7 Å². The quantitative estimate of drug-likeness (QED) is 0.902. The van der Waals surface area contributed by atoms with Crippen molar-refractivity contribution >= 4 is 39.6 Å². The number of anilines is 1. The van der Waals surface area contributed by atoms with Crippen LogP contribution in [0, 0.1) is 13.8 Å². The average Bonchev–Trinajstić information content (AvgIpc) is 3.04. The van der Waals surface area contributed by atoms with E-state index in [4.69, 9.17) is 0 Å². The van der Waals surface area contributed by atoms with Crippen molar-refractivity contribution in [3.63, 3.8) is 0 Å². The van der Waals surface area contributed by atoms with Gasteiger partial charge in [0.15, 0.2) is 0 Å². The van der Waals surface area contributed by atoms with E-state index >= 15 is 0 Å². The van der Waals surface area contributed by atoms with Crippen LogP contribution in [-0.4, -0.2) is 17.0 Å². The smallest absolute Gasteiger partial charge is 0.339 e. The minimum absolute atomic E-state index is 0.223. The van der Waals surface area contributed by atoms with Crippen LogP contribution in [0.2, 0.25) is 0 Å². The van der Waals surface area contributed by atoms with Crippen LogP contribution >= 0.6 is 22.7 Å². The zero-order valence-electron chi connectivity index (χ0n) is 11.8. The van der Waals surface area contributed by atoms with Crippen LogP contribution in [0.25, 0.3) is 0 Å². The first-order valence-electron chi connectivity index (χ1n) is 6.73. The van der Waals surface area contributed by atoms with Crippen LogP contribution in [0.5, 0.6) is 0 Å². The number of aromatic carboxylic acids is 1. The minimum atomic E-state index is -0.955. The number of thiophene rings is 2. The summed E-state index contributed by atoms with van der Waals surface area (Å²) in [5, 5.41) is 12.7. The fraction of sp³-hybridized carbons (Fsp3) is 0.333. The van der Waals surface area contributed by atoms with Crippen LogP contribution < -0.4 is 5.32 Å². The van der Waals surface area contributed by atoms with Crippen molar-refractivity contribution in [3.05, 3.63) is 37.4 Å². The highest BCUT2D eigenvalue weighted by molar-refractivity contribution is 7.17. The Hall–Kier alpha value is -1.66. The van der Waals surface area contributed by atoms with Crippen molar-refractivity contribution in [2.45, 2.75) is 33.1 Å². The third-order valence-corrected chi connectivity index (χ3v) is 6.11. The van der Waals surface area contributed by atoms with Gasteiger partial charge in [0.05, 0.1) is 10.4 Å². The molecule has 1 aliphatic carbocycles. The van der Waals surface area contributed by atoms with Crippen molar-refractivity contribution < 1.29 is 14.7 Å². The van der Waals surface area contributed by atoms with E-state index in [-0.39, 0.29) is 11.5 Å². The Morgan fingerprint density at radius 2 is 2.00 bits per heavy atom. The average molecular weight is 321 g/mol. The maximum atomic E-state index is 12.3. The van der Waals surface area contributed by atoms with E-state index < -0.39 is 5.97 Å². The van der Waals surface area contributed by atoms with Gasteiger partial charge in [0.25, 0.3) is 5.91 Å². The number of carboxylic acids is 1. The van der Waals surface area contributed by atoms with Crippen molar-refractivity contribution in [1.29, 1.82) is 0 Å². The summed E-state index contributed by atoms with van der Waals surface area (Å²) in [7, 11) is 0. The molecular weight excluding hydrogens is 306 g/mol. The number of nitrogens with one attached hydrogen (secondary N) is 1. The third-order valence-electron chi connectivity index (χ3n) is 3.75. The molecule has 0 fully saturated rings. The molecule has 2 aromatic rings. The minimum Gasteiger partial charge on any atom is -0.478 e. The standard InChI is InChI=1S/C15H15NO3S2/c1-7-6-11(20-8(7)2)13(17)16-14-12(15(18)19)9-4-3-5-10(9)21-14/h6H,3-5H2,1-2H3,(H,16,17)(H,18,19). The first kappa shape index (κ1) is 14.3. The number of fused-ring (bicyclic) bond motifs is 1. The van der Waals surface area contributed by atoms with Gasteiger partial charge >= 0.3 is 5.97 Å². The second-order valence-electron chi connectivity index (χ2n) is 5.17. The van der Waals surface area contributed by atoms with Crippen LogP contribution in [0.1, 0.15) is 47.3 Å². The summed E-state index contributed by atoms with van der Waals surface area (Å²) in [4.78, 5) is 26.6. The highest BCUT2D eigenvalue weighted by atomic mass is 32.1. The van der Waals surface area contributed by atoms with Gasteiger partial charge in [-0.1, -0.05) is 0 Å². The zero-order valence-corrected chi connectivity index (χ0v) is 13.4. The van der Waals surface area contributed by atoms with Crippen molar-refractivity contribution in [1.82, 2.24) is 0 Å². The molecule has 0 radical (unpaired) electrons. The largest absolute Gasteiger partial charge is 0.478 e. The molecule has 0 aliphatic heterocycles. The van der Waals surface area contributed by atoms with Crippen molar-refractivity contribution in [2.75, 3.05) is 5.32 Å². The Morgan fingerprint density at radius 1 is 1.24 bits per heavy atom. The highest BCUT2D eigenvalue weighted by Gasteiger charge is 2.27. The molecule has 0 aromatic carbocycles. The maximum Gasteiger partial charge on any atom is 0.339 e. The topological polar surface area (TPSA) is 66.4 Å². The number of hydrogen-bond acceptors (Lipinski definition) is 4. The maximum absolute atomic E-state index is 12.3. The van der Waals surface area contributed by atoms with Crippen LogP contribution in [0.4, 0.5) is 5.00 Å². The van der Waals surface area contributed by atoms with Gasteiger partial charge in [0, 0.05) is 9.75 Å². The summed E-state index contributed by atoms with van der Waals surface area (Å²) >= 11 is 2.83. The second kappa shape index (κ2) is 5.27. The molecule has 0 saturated heterocycles. The predicted octanol–water partition coefficient (Wildman–Crippen LogP) is 3.87. The van der Waals surface area contributed by atoms with Crippen LogP contribution in [0.15, 0.2) is 6.07 Å². The van der Waals surface area contributed by atoms with Gasteiger partial charge in [-0.05, 0) is 50.3 Å². The van der Waals surface area contributed by atoms with E-state index in [0.717, 1.165) is 40.1 Å². The molecule has 0 atom stereocenters. The number of carbonyl (C=O) groups excluding carboxylic acids is 1. The van der Waals surface area contributed by atoms with Gasteiger partial charge in [-0.25, -0.2) is 4.79 Å². The molecule has 2 heterocycles. The number of carbonyl (C=O) groups is 2. The van der Waals surface area contributed by atoms with Crippen molar-refractivity contribution in [3.8, 4) is 0 Å². The number of carboxylic acid groups (broad SMARTS) is 1. The van der Waals surface area contributed by atoms with Gasteiger partial charge in [0.2, 0.25) is 0 Å². The molecular formula is C15H15NO3S2. The summed E-state index contributed by atoms with van der Waals surface area (Å²) in [6.45, 7) is 3.93. The Morgan fingerprint density at radius 3 is 2.62 bits per heavy atom. The molecule has 1 amide bonds. The van der Waals surface area contributed by atoms with E-state index in [2.05, 4.69) is 5.32 Å². The summed E-state index contributed by atoms with van der Waals surface area (Å²) in [5.41, 5.74) is 2.27. The van der Waals surface area contributed by atoms with E-state index in [9.17, 15) is 14.7 Å². The molecule has 21 heavy (non-hydrogen) atoms. The molecule has 3 rings (SSSR count). The van der Waals surface area contributed by atoms with Gasteiger partial charge < -0.3 is 10.4 Å². The molecule has 110 valence electrons. The summed E-state index contributed by atoms with van der Waals surface area (Å²) in [6.07, 6.45) is 2.70. The lowest BCUT2D eigenvalue weighted by Crippen LogP contribution is -2.12. The predicted molar refractivity (Wildman–Crippen MR) is 85.0 cm³/mol. The Kier molecular flexibility index (Phi) is 3.59. The number of rotatable bonds is 3. The first-order valence-corrected chi connectivity index (χ1v) is 8.37. The van der Waals surface area contributed by atoms with Gasteiger partial charge in [0.1, 0.15) is 5.00 Å². The van der Waals surface area contributed by atoms with E-state index in [1.807, 2.05) is 19.9 Å². The number of hydrogen-bond donors (Lipinski definition) is 2. The SMILES string of the molecule is Cc1cc(C(=O)Nc2sc3c(c2C(=O)O)CCC3)sc1C. The highest BCUT2D eigenvalue weighted by Crippen LogP contribution is 2.39. The van der Waals surface area contributed by atoms with Gasteiger partial charge in [-0.2, -0.15) is 0 Å². The Balaban J connectivity index is 1.91. The van der Waals surface area contributed by atoms with Crippen LogP contribution in [0.3, 0.4) is 0 Å². The van der Waals surface area contributed by atoms with Gasteiger partial charge in [-0.3, -0.25) is 4.79 Å². The molecule has 1 aliphatic rings. The van der Waals surface area contributed by atoms with Crippen molar-refractivity contribution in [2.24, 2.45) is 0 Å². The summed E-state index contributed by atoms with van der Waals surface area (Å²) in [5.74, 6) is -1.18. The molecule has 6 heteroatoms. The molecule has 4 nitrogen and oxygen atoms in total. The number of aryl methyl sites for hydroxylation is 3. The van der Waals surface area contributed by atoms with Crippen LogP contribution in [-0.2, 0) is 12.8 Å². The lowest BCUT2D eigenvalue weighted by molar-refractivity contribution is 0.0697. The Bertz CT molecular complexity index is 723. The number of amides is 1. The Labute approximate surface area is 130 Å². The third kappa shape index (κ3) is 2.49. The normalized spacial score (nSPS) is 13.2. The first-order chi connectivity index (χ1) is 9.97. The summed E-state index contributed by atoms with van der Waals surface area (Å²) in [6, 6.07) is 1.84. The molecule has 2 aromatic heterocycles.